The molecule has 0 fully saturated rings. The van der Waals surface area contributed by atoms with Gasteiger partial charge in [0.2, 0.25) is 0 Å². The van der Waals surface area contributed by atoms with Crippen LogP contribution in [0, 0.1) is 5.82 Å². The van der Waals surface area contributed by atoms with Crippen LogP contribution >= 0.6 is 0 Å². The van der Waals surface area contributed by atoms with Gasteiger partial charge >= 0.3 is 0 Å². The van der Waals surface area contributed by atoms with Crippen molar-refractivity contribution < 1.29 is 9.13 Å². The molecule has 3 aromatic heterocycles. The monoisotopic (exact) mass is 334 g/mol. The van der Waals surface area contributed by atoms with Crippen LogP contribution in [0.4, 0.5) is 4.39 Å². The molecule has 5 rings (SSSR count). The van der Waals surface area contributed by atoms with Gasteiger partial charge in [0.1, 0.15) is 17.2 Å². The van der Waals surface area contributed by atoms with E-state index in [4.69, 9.17) is 9.84 Å². The molecule has 124 valence electrons. The van der Waals surface area contributed by atoms with Crippen LogP contribution in [-0.4, -0.2) is 26.4 Å². The zero-order chi connectivity index (χ0) is 16.8. The number of benzene rings is 1. The lowest BCUT2D eigenvalue weighted by atomic mass is 9.97. The van der Waals surface area contributed by atoms with Crippen molar-refractivity contribution in [1.82, 2.24) is 19.7 Å². The highest BCUT2D eigenvalue weighted by atomic mass is 19.1. The first-order valence-corrected chi connectivity index (χ1v) is 8.17. The Hall–Kier alpha value is -2.99. The topological polar surface area (TPSA) is 55.7 Å². The number of H-pyrrole nitrogens is 1. The van der Waals surface area contributed by atoms with E-state index in [-0.39, 0.29) is 5.82 Å². The van der Waals surface area contributed by atoms with Gasteiger partial charge in [-0.2, -0.15) is 5.10 Å². The molecule has 0 amide bonds. The summed E-state index contributed by atoms with van der Waals surface area (Å²) in [6, 6.07) is 10.5. The Bertz CT molecular complexity index is 1060. The van der Waals surface area contributed by atoms with Gasteiger partial charge in [-0.25, -0.2) is 9.37 Å². The molecule has 0 unspecified atom stereocenters. The van der Waals surface area contributed by atoms with E-state index < -0.39 is 0 Å². The number of aromatic amines is 1. The fraction of sp³-hybridized carbons (Fsp3) is 0.158. The van der Waals surface area contributed by atoms with Crippen molar-refractivity contribution in [2.45, 2.75) is 13.2 Å². The van der Waals surface area contributed by atoms with Gasteiger partial charge in [0.05, 0.1) is 25.5 Å². The molecular weight excluding hydrogens is 319 g/mol. The maximum atomic E-state index is 13.4. The summed E-state index contributed by atoms with van der Waals surface area (Å²) in [5, 5.41) is 5.84. The van der Waals surface area contributed by atoms with Gasteiger partial charge < -0.3 is 9.72 Å². The summed E-state index contributed by atoms with van der Waals surface area (Å²) in [7, 11) is 0. The molecule has 0 bridgehead atoms. The van der Waals surface area contributed by atoms with Gasteiger partial charge in [0.25, 0.3) is 0 Å². The second-order valence-corrected chi connectivity index (χ2v) is 6.05. The smallest absolute Gasteiger partial charge is 0.137 e. The molecule has 1 aliphatic rings. The predicted molar refractivity (Wildman–Crippen MR) is 92.4 cm³/mol. The second-order valence-electron chi connectivity index (χ2n) is 6.05. The summed E-state index contributed by atoms with van der Waals surface area (Å²) >= 11 is 0. The quantitative estimate of drug-likeness (QED) is 0.607. The van der Waals surface area contributed by atoms with Gasteiger partial charge in [0.15, 0.2) is 0 Å². The van der Waals surface area contributed by atoms with E-state index in [0.717, 1.165) is 39.1 Å². The van der Waals surface area contributed by atoms with Crippen LogP contribution in [0.5, 0.6) is 0 Å². The third-order valence-electron chi connectivity index (χ3n) is 4.59. The molecule has 1 aliphatic heterocycles. The number of halogens is 1. The van der Waals surface area contributed by atoms with Crippen LogP contribution in [-0.2, 0) is 17.9 Å². The van der Waals surface area contributed by atoms with Crippen molar-refractivity contribution in [3.8, 4) is 22.4 Å². The zero-order valence-corrected chi connectivity index (χ0v) is 13.4. The number of pyridine rings is 1. The molecule has 5 nitrogen and oxygen atoms in total. The third-order valence-corrected chi connectivity index (χ3v) is 4.59. The lowest BCUT2D eigenvalue weighted by Gasteiger charge is -2.15. The number of hydrogen-bond acceptors (Lipinski definition) is 3. The predicted octanol–water partition coefficient (Wildman–Crippen LogP) is 3.76. The molecule has 4 heterocycles. The Morgan fingerprint density at radius 3 is 2.88 bits per heavy atom. The van der Waals surface area contributed by atoms with Crippen molar-refractivity contribution in [1.29, 1.82) is 0 Å². The van der Waals surface area contributed by atoms with Gasteiger partial charge in [-0.05, 0) is 42.0 Å². The van der Waals surface area contributed by atoms with Gasteiger partial charge in [-0.3, -0.25) is 4.68 Å². The van der Waals surface area contributed by atoms with E-state index in [1.165, 1.54) is 12.1 Å². The molecule has 0 saturated carbocycles. The van der Waals surface area contributed by atoms with E-state index >= 15 is 0 Å². The molecule has 25 heavy (non-hydrogen) atoms. The lowest BCUT2D eigenvalue weighted by Crippen LogP contribution is -2.17. The molecule has 1 N–H and O–H groups in total. The third kappa shape index (κ3) is 2.26. The van der Waals surface area contributed by atoms with Crippen LogP contribution in [0.2, 0.25) is 0 Å². The van der Waals surface area contributed by atoms with Crippen LogP contribution in [0.3, 0.4) is 0 Å². The van der Waals surface area contributed by atoms with Gasteiger partial charge in [-0.1, -0.05) is 0 Å². The van der Waals surface area contributed by atoms with Crippen LogP contribution in [0.15, 0.2) is 48.8 Å². The molecule has 6 heteroatoms. The maximum absolute atomic E-state index is 13.4. The molecular formula is C19H15FN4O. The Kier molecular flexibility index (Phi) is 3.18. The molecule has 4 aromatic rings. The molecule has 0 aliphatic carbocycles. The number of fused-ring (bicyclic) bond motifs is 2. The Morgan fingerprint density at radius 1 is 1.12 bits per heavy atom. The number of nitrogens with zero attached hydrogens (tertiary/aromatic N) is 3. The summed E-state index contributed by atoms with van der Waals surface area (Å²) in [5.74, 6) is -0.255. The highest BCUT2D eigenvalue weighted by Gasteiger charge is 2.24. The van der Waals surface area contributed by atoms with Crippen molar-refractivity contribution in [2.75, 3.05) is 6.61 Å². The molecule has 1 aromatic carbocycles. The van der Waals surface area contributed by atoms with Crippen LogP contribution in [0.1, 0.15) is 5.69 Å². The lowest BCUT2D eigenvalue weighted by molar-refractivity contribution is 0.0805. The second kappa shape index (κ2) is 5.53. The normalized spacial score (nSPS) is 14.0. The molecule has 0 atom stereocenters. The largest absolute Gasteiger partial charge is 0.373 e. The minimum atomic E-state index is -0.255. The van der Waals surface area contributed by atoms with E-state index in [9.17, 15) is 4.39 Å². The summed E-state index contributed by atoms with van der Waals surface area (Å²) in [6.07, 6.45) is 3.67. The standard InChI is InChI=1S/C19H15FN4O/c20-13-3-1-12(2-4-13)18-17(16-11-25-10-9-24(16)23-18)14-5-7-21-19-15(14)6-8-22-19/h1-8H,9-11H2,(H,21,22). The number of hydrogen-bond donors (Lipinski definition) is 1. The highest BCUT2D eigenvalue weighted by Crippen LogP contribution is 2.38. The number of nitrogens with one attached hydrogen (secondary N) is 1. The molecule has 0 radical (unpaired) electrons. The van der Waals surface area contributed by atoms with Crippen molar-refractivity contribution in [3.05, 3.63) is 60.3 Å². The summed E-state index contributed by atoms with van der Waals surface area (Å²) in [4.78, 5) is 7.52. The highest BCUT2D eigenvalue weighted by molar-refractivity contribution is 5.97. The van der Waals surface area contributed by atoms with E-state index in [1.54, 1.807) is 18.3 Å². The minimum Gasteiger partial charge on any atom is -0.373 e. The Morgan fingerprint density at radius 2 is 2.00 bits per heavy atom. The zero-order valence-electron chi connectivity index (χ0n) is 13.4. The first-order valence-electron chi connectivity index (χ1n) is 8.17. The first-order chi connectivity index (χ1) is 12.3. The average molecular weight is 334 g/mol. The Balaban J connectivity index is 1.81. The minimum absolute atomic E-state index is 0.255. The van der Waals surface area contributed by atoms with Crippen molar-refractivity contribution in [3.63, 3.8) is 0 Å². The van der Waals surface area contributed by atoms with Crippen molar-refractivity contribution >= 4 is 11.0 Å². The van der Waals surface area contributed by atoms with E-state index in [1.807, 2.05) is 23.0 Å². The fourth-order valence-corrected chi connectivity index (χ4v) is 3.42. The Labute approximate surface area is 143 Å². The first kappa shape index (κ1) is 14.4. The van der Waals surface area contributed by atoms with E-state index in [2.05, 4.69) is 9.97 Å². The number of ether oxygens (including phenoxy) is 1. The fourth-order valence-electron chi connectivity index (χ4n) is 3.42. The van der Waals surface area contributed by atoms with Crippen LogP contribution < -0.4 is 0 Å². The van der Waals surface area contributed by atoms with E-state index in [0.29, 0.717) is 19.8 Å². The maximum Gasteiger partial charge on any atom is 0.137 e. The molecule has 0 saturated heterocycles. The summed E-state index contributed by atoms with van der Waals surface area (Å²) < 4.78 is 21.0. The van der Waals surface area contributed by atoms with Gasteiger partial charge in [-0.15, -0.1) is 0 Å². The summed E-state index contributed by atoms with van der Waals surface area (Å²) in [6.45, 7) is 1.87. The van der Waals surface area contributed by atoms with Gasteiger partial charge in [0, 0.05) is 28.9 Å². The molecule has 0 spiro atoms. The number of rotatable bonds is 2. The average Bonchev–Trinajstić information content (AvgIpc) is 3.26. The van der Waals surface area contributed by atoms with Crippen LogP contribution in [0.25, 0.3) is 33.4 Å². The number of aromatic nitrogens is 4. The van der Waals surface area contributed by atoms with Crippen molar-refractivity contribution in [2.24, 2.45) is 0 Å². The SMILES string of the molecule is Fc1ccc(-c2nn3c(c2-c2ccnc4[nH]ccc24)COCC3)cc1. The summed E-state index contributed by atoms with van der Waals surface area (Å²) in [5.41, 5.74) is 5.68.